The lowest BCUT2D eigenvalue weighted by atomic mass is 9.80. The van der Waals surface area contributed by atoms with Gasteiger partial charge in [0.15, 0.2) is 0 Å². The van der Waals surface area contributed by atoms with E-state index in [-0.39, 0.29) is 0 Å². The van der Waals surface area contributed by atoms with E-state index in [1.165, 1.54) is 36.8 Å². The third-order valence-corrected chi connectivity index (χ3v) is 4.43. The highest BCUT2D eigenvalue weighted by atomic mass is 16.5. The van der Waals surface area contributed by atoms with Crippen molar-refractivity contribution < 1.29 is 4.74 Å². The molecule has 0 saturated heterocycles. The first-order valence-electron chi connectivity index (χ1n) is 6.76. The Morgan fingerprint density at radius 3 is 2.82 bits per heavy atom. The molecule has 1 fully saturated rings. The van der Waals surface area contributed by atoms with Gasteiger partial charge in [-0.3, -0.25) is 0 Å². The van der Waals surface area contributed by atoms with E-state index in [1.807, 2.05) is 0 Å². The zero-order chi connectivity index (χ0) is 11.7. The minimum atomic E-state index is 0.383. The summed E-state index contributed by atoms with van der Waals surface area (Å²) in [5, 5.41) is 0. The van der Waals surface area contributed by atoms with Crippen LogP contribution >= 0.6 is 0 Å². The Morgan fingerprint density at radius 2 is 2.06 bits per heavy atom. The van der Waals surface area contributed by atoms with Crippen molar-refractivity contribution in [3.63, 3.8) is 0 Å². The number of hydrogen-bond acceptors (Lipinski definition) is 2. The summed E-state index contributed by atoms with van der Waals surface area (Å²) < 4.78 is 5.55. The summed E-state index contributed by atoms with van der Waals surface area (Å²) in [5.74, 6) is 1.09. The van der Waals surface area contributed by atoms with Gasteiger partial charge >= 0.3 is 0 Å². The van der Waals surface area contributed by atoms with Crippen molar-refractivity contribution in [2.24, 2.45) is 11.1 Å². The monoisotopic (exact) mass is 231 g/mol. The van der Waals surface area contributed by atoms with E-state index in [9.17, 15) is 0 Å². The molecule has 1 aliphatic heterocycles. The quantitative estimate of drug-likeness (QED) is 0.868. The zero-order valence-electron chi connectivity index (χ0n) is 10.4. The molecule has 2 aliphatic rings. The topological polar surface area (TPSA) is 35.2 Å². The summed E-state index contributed by atoms with van der Waals surface area (Å²) in [6.45, 7) is 1.68. The standard InChI is InChI=1S/C15H21NO/c16-11-15(6-1-2-7-15)10-12-3-4-14-13(9-12)5-8-17-14/h3-4,9H,1-2,5-8,10-11,16H2. The maximum Gasteiger partial charge on any atom is 0.122 e. The van der Waals surface area contributed by atoms with Crippen LogP contribution in [0.4, 0.5) is 0 Å². The van der Waals surface area contributed by atoms with E-state index >= 15 is 0 Å². The Kier molecular flexibility index (Phi) is 2.83. The molecular weight excluding hydrogens is 210 g/mol. The molecule has 0 atom stereocenters. The molecule has 0 unspecified atom stereocenters. The maximum absolute atomic E-state index is 6.00. The molecule has 2 heteroatoms. The molecule has 1 aromatic carbocycles. The molecule has 1 heterocycles. The van der Waals surface area contributed by atoms with E-state index in [0.717, 1.165) is 31.7 Å². The number of rotatable bonds is 3. The van der Waals surface area contributed by atoms with Crippen LogP contribution in [-0.2, 0) is 12.8 Å². The Morgan fingerprint density at radius 1 is 1.24 bits per heavy atom. The average molecular weight is 231 g/mol. The van der Waals surface area contributed by atoms with E-state index in [2.05, 4.69) is 18.2 Å². The SMILES string of the molecule is NCC1(Cc2ccc3c(c2)CCO3)CCCC1. The minimum Gasteiger partial charge on any atom is -0.493 e. The van der Waals surface area contributed by atoms with Crippen molar-refractivity contribution in [3.8, 4) is 5.75 Å². The molecule has 0 spiro atoms. The second-order valence-corrected chi connectivity index (χ2v) is 5.63. The second-order valence-electron chi connectivity index (χ2n) is 5.63. The van der Waals surface area contributed by atoms with Crippen LogP contribution in [0.3, 0.4) is 0 Å². The molecule has 2 nitrogen and oxygen atoms in total. The van der Waals surface area contributed by atoms with Gasteiger partial charge in [-0.2, -0.15) is 0 Å². The molecular formula is C15H21NO. The second kappa shape index (κ2) is 4.34. The van der Waals surface area contributed by atoms with Crippen LogP contribution in [0.1, 0.15) is 36.8 Å². The van der Waals surface area contributed by atoms with Crippen LogP contribution in [0.5, 0.6) is 5.75 Å². The van der Waals surface area contributed by atoms with Gasteiger partial charge in [-0.05, 0) is 48.4 Å². The number of ether oxygens (including phenoxy) is 1. The summed E-state index contributed by atoms with van der Waals surface area (Å²) in [5.41, 5.74) is 9.22. The van der Waals surface area contributed by atoms with Gasteiger partial charge in [-0.25, -0.2) is 0 Å². The van der Waals surface area contributed by atoms with Gasteiger partial charge in [0.25, 0.3) is 0 Å². The fraction of sp³-hybridized carbons (Fsp3) is 0.600. The molecule has 0 radical (unpaired) electrons. The molecule has 0 aromatic heterocycles. The number of hydrogen-bond donors (Lipinski definition) is 1. The molecule has 1 saturated carbocycles. The van der Waals surface area contributed by atoms with E-state index in [4.69, 9.17) is 10.5 Å². The molecule has 1 aromatic rings. The van der Waals surface area contributed by atoms with Crippen LogP contribution in [0, 0.1) is 5.41 Å². The van der Waals surface area contributed by atoms with Gasteiger partial charge in [-0.15, -0.1) is 0 Å². The Balaban J connectivity index is 1.80. The molecule has 1 aliphatic carbocycles. The smallest absolute Gasteiger partial charge is 0.122 e. The molecule has 17 heavy (non-hydrogen) atoms. The van der Waals surface area contributed by atoms with Crippen LogP contribution < -0.4 is 10.5 Å². The first kappa shape index (κ1) is 11.1. The van der Waals surface area contributed by atoms with Crippen molar-refractivity contribution in [2.45, 2.75) is 38.5 Å². The summed E-state index contributed by atoms with van der Waals surface area (Å²) >= 11 is 0. The van der Waals surface area contributed by atoms with E-state index < -0.39 is 0 Å². The van der Waals surface area contributed by atoms with Gasteiger partial charge in [0.05, 0.1) is 6.61 Å². The number of nitrogens with two attached hydrogens (primary N) is 1. The Bertz CT molecular complexity index is 407. The first-order chi connectivity index (χ1) is 8.31. The lowest BCUT2D eigenvalue weighted by Gasteiger charge is -2.27. The fourth-order valence-corrected chi connectivity index (χ4v) is 3.36. The predicted octanol–water partition coefficient (Wildman–Crippen LogP) is 2.68. The highest BCUT2D eigenvalue weighted by molar-refractivity contribution is 5.40. The zero-order valence-corrected chi connectivity index (χ0v) is 10.4. The normalized spacial score (nSPS) is 21.2. The molecule has 0 bridgehead atoms. The lowest BCUT2D eigenvalue weighted by Crippen LogP contribution is -2.29. The fourth-order valence-electron chi connectivity index (χ4n) is 3.36. The van der Waals surface area contributed by atoms with Crippen LogP contribution in [0.25, 0.3) is 0 Å². The summed E-state index contributed by atoms with van der Waals surface area (Å²) in [6.07, 6.45) is 7.53. The van der Waals surface area contributed by atoms with Crippen molar-refractivity contribution in [1.82, 2.24) is 0 Å². The third kappa shape index (κ3) is 2.06. The summed E-state index contributed by atoms with van der Waals surface area (Å²) in [4.78, 5) is 0. The number of benzene rings is 1. The van der Waals surface area contributed by atoms with Crippen molar-refractivity contribution in [3.05, 3.63) is 29.3 Å². The minimum absolute atomic E-state index is 0.383. The highest BCUT2D eigenvalue weighted by Gasteiger charge is 2.32. The summed E-state index contributed by atoms with van der Waals surface area (Å²) in [6, 6.07) is 6.69. The van der Waals surface area contributed by atoms with Crippen molar-refractivity contribution in [1.29, 1.82) is 0 Å². The third-order valence-electron chi connectivity index (χ3n) is 4.43. The summed E-state index contributed by atoms with van der Waals surface area (Å²) in [7, 11) is 0. The molecule has 92 valence electrons. The highest BCUT2D eigenvalue weighted by Crippen LogP contribution is 2.40. The van der Waals surface area contributed by atoms with Gasteiger partial charge in [0.2, 0.25) is 0 Å². The largest absolute Gasteiger partial charge is 0.493 e. The molecule has 0 amide bonds. The van der Waals surface area contributed by atoms with E-state index in [0.29, 0.717) is 5.41 Å². The van der Waals surface area contributed by atoms with Gasteiger partial charge < -0.3 is 10.5 Å². The van der Waals surface area contributed by atoms with Crippen LogP contribution in [0.15, 0.2) is 18.2 Å². The number of fused-ring (bicyclic) bond motifs is 1. The molecule has 2 N–H and O–H groups in total. The average Bonchev–Trinajstić information content (AvgIpc) is 2.97. The predicted molar refractivity (Wildman–Crippen MR) is 69.3 cm³/mol. The van der Waals surface area contributed by atoms with Crippen LogP contribution in [-0.4, -0.2) is 13.2 Å². The van der Waals surface area contributed by atoms with Crippen LogP contribution in [0.2, 0.25) is 0 Å². The Labute approximate surface area is 103 Å². The first-order valence-corrected chi connectivity index (χ1v) is 6.76. The Hall–Kier alpha value is -1.02. The van der Waals surface area contributed by atoms with E-state index in [1.54, 1.807) is 0 Å². The lowest BCUT2D eigenvalue weighted by molar-refractivity contribution is 0.306. The van der Waals surface area contributed by atoms with Crippen molar-refractivity contribution >= 4 is 0 Å². The molecule has 3 rings (SSSR count). The van der Waals surface area contributed by atoms with Gasteiger partial charge in [0.1, 0.15) is 5.75 Å². The van der Waals surface area contributed by atoms with Gasteiger partial charge in [0, 0.05) is 6.42 Å². The maximum atomic E-state index is 6.00. The van der Waals surface area contributed by atoms with Gasteiger partial charge in [-0.1, -0.05) is 25.0 Å². The van der Waals surface area contributed by atoms with Crippen molar-refractivity contribution in [2.75, 3.05) is 13.2 Å².